The van der Waals surface area contributed by atoms with E-state index in [0.717, 1.165) is 29.8 Å². The number of para-hydroxylation sites is 2. The number of methoxy groups -OCH3 is 1. The minimum atomic E-state index is -0.201. The van der Waals surface area contributed by atoms with Crippen LogP contribution in [0.2, 0.25) is 0 Å². The number of hydrogen-bond acceptors (Lipinski definition) is 3. The zero-order valence-electron chi connectivity index (χ0n) is 17.3. The first-order chi connectivity index (χ1) is 14.0. The number of likely N-dealkylation sites (tertiary alicyclic amines) is 1. The molecule has 0 saturated carbocycles. The maximum absolute atomic E-state index is 13.2. The molecule has 0 aromatic heterocycles. The summed E-state index contributed by atoms with van der Waals surface area (Å²) in [7, 11) is 3.46. The highest BCUT2D eigenvalue weighted by atomic mass is 16.5. The Kier molecular flexibility index (Phi) is 6.75. The predicted molar refractivity (Wildman–Crippen MR) is 114 cm³/mol. The summed E-state index contributed by atoms with van der Waals surface area (Å²) in [5.41, 5.74) is 1.73. The van der Waals surface area contributed by atoms with Gasteiger partial charge < -0.3 is 19.9 Å². The second-order valence-electron chi connectivity index (χ2n) is 7.45. The predicted octanol–water partition coefficient (Wildman–Crippen LogP) is 4.16. The van der Waals surface area contributed by atoms with Gasteiger partial charge in [0.2, 0.25) is 5.91 Å². The highest BCUT2D eigenvalue weighted by Crippen LogP contribution is 2.30. The van der Waals surface area contributed by atoms with Crippen molar-refractivity contribution >= 4 is 17.6 Å². The van der Waals surface area contributed by atoms with Gasteiger partial charge in [-0.25, -0.2) is 4.79 Å². The van der Waals surface area contributed by atoms with E-state index in [-0.39, 0.29) is 23.9 Å². The molecule has 1 saturated heterocycles. The second-order valence-corrected chi connectivity index (χ2v) is 7.45. The molecule has 6 nitrogen and oxygen atoms in total. The topological polar surface area (TPSA) is 61.9 Å². The molecule has 0 bridgehead atoms. The van der Waals surface area contributed by atoms with Gasteiger partial charge in [0.15, 0.2) is 0 Å². The fraction of sp³-hybridized carbons (Fsp3) is 0.391. The maximum atomic E-state index is 13.2. The number of amides is 3. The van der Waals surface area contributed by atoms with Crippen LogP contribution in [0.4, 0.5) is 10.5 Å². The lowest BCUT2D eigenvalue weighted by molar-refractivity contribution is -0.137. The first-order valence-corrected chi connectivity index (χ1v) is 10.0. The number of nitrogens with one attached hydrogen (secondary N) is 1. The first-order valence-electron chi connectivity index (χ1n) is 10.0. The van der Waals surface area contributed by atoms with Crippen LogP contribution in [0.1, 0.15) is 31.4 Å². The van der Waals surface area contributed by atoms with Crippen molar-refractivity contribution in [2.75, 3.05) is 32.6 Å². The minimum absolute atomic E-state index is 0.0561. The molecular formula is C23H29N3O3. The van der Waals surface area contributed by atoms with Crippen molar-refractivity contribution in [3.05, 3.63) is 60.2 Å². The third-order valence-corrected chi connectivity index (χ3v) is 5.60. The Labute approximate surface area is 172 Å². The molecule has 2 unspecified atom stereocenters. The lowest BCUT2D eigenvalue weighted by atomic mass is 9.95. The highest BCUT2D eigenvalue weighted by molar-refractivity contribution is 5.90. The van der Waals surface area contributed by atoms with Gasteiger partial charge in [0.1, 0.15) is 5.75 Å². The van der Waals surface area contributed by atoms with Crippen LogP contribution in [-0.2, 0) is 4.79 Å². The summed E-state index contributed by atoms with van der Waals surface area (Å²) in [4.78, 5) is 29.3. The van der Waals surface area contributed by atoms with E-state index in [0.29, 0.717) is 13.1 Å². The van der Waals surface area contributed by atoms with E-state index < -0.39 is 0 Å². The Morgan fingerprint density at radius 1 is 1.14 bits per heavy atom. The molecule has 29 heavy (non-hydrogen) atoms. The molecule has 3 amide bonds. The molecule has 1 aliphatic rings. The van der Waals surface area contributed by atoms with Crippen molar-refractivity contribution in [3.8, 4) is 5.75 Å². The standard InChI is InChI=1S/C23H29N3O3/c1-17(20-13-7-8-14-21(20)29-3)25(2)22(27)18-10-9-15-26(16-18)23(28)24-19-11-5-4-6-12-19/h4-8,11-14,17-18H,9-10,15-16H2,1-3H3,(H,24,28). The Morgan fingerprint density at radius 3 is 2.55 bits per heavy atom. The average molecular weight is 396 g/mol. The fourth-order valence-corrected chi connectivity index (χ4v) is 3.79. The zero-order chi connectivity index (χ0) is 20.8. The lowest BCUT2D eigenvalue weighted by Crippen LogP contribution is -2.47. The van der Waals surface area contributed by atoms with Crippen molar-refractivity contribution in [2.24, 2.45) is 5.92 Å². The molecule has 6 heteroatoms. The molecule has 154 valence electrons. The molecule has 1 aliphatic heterocycles. The van der Waals surface area contributed by atoms with E-state index in [2.05, 4.69) is 5.32 Å². The molecule has 0 aliphatic carbocycles. The SMILES string of the molecule is COc1ccccc1C(C)N(C)C(=O)C1CCCN(C(=O)Nc2ccccc2)C1. The number of nitrogens with zero attached hydrogens (tertiary/aromatic N) is 2. The van der Waals surface area contributed by atoms with Crippen LogP contribution < -0.4 is 10.1 Å². The number of urea groups is 1. The van der Waals surface area contributed by atoms with E-state index >= 15 is 0 Å². The third kappa shape index (κ3) is 4.88. The van der Waals surface area contributed by atoms with Gasteiger partial charge in [-0.3, -0.25) is 4.79 Å². The normalized spacial score (nSPS) is 17.3. The van der Waals surface area contributed by atoms with Gasteiger partial charge in [0, 0.05) is 31.4 Å². The van der Waals surface area contributed by atoms with Crippen molar-refractivity contribution in [1.82, 2.24) is 9.80 Å². The van der Waals surface area contributed by atoms with Crippen LogP contribution >= 0.6 is 0 Å². The van der Waals surface area contributed by atoms with Crippen molar-refractivity contribution in [1.29, 1.82) is 0 Å². The van der Waals surface area contributed by atoms with Gasteiger partial charge >= 0.3 is 6.03 Å². The van der Waals surface area contributed by atoms with Crippen molar-refractivity contribution in [2.45, 2.75) is 25.8 Å². The molecule has 0 spiro atoms. The van der Waals surface area contributed by atoms with E-state index in [1.807, 2.05) is 68.6 Å². The van der Waals surface area contributed by atoms with Crippen LogP contribution in [0.3, 0.4) is 0 Å². The highest BCUT2D eigenvalue weighted by Gasteiger charge is 2.32. The van der Waals surface area contributed by atoms with Crippen LogP contribution in [0, 0.1) is 5.92 Å². The van der Waals surface area contributed by atoms with Crippen molar-refractivity contribution in [3.63, 3.8) is 0 Å². The average Bonchev–Trinajstić information content (AvgIpc) is 2.78. The number of carbonyl (C=O) groups is 2. The molecule has 2 aromatic rings. The van der Waals surface area contributed by atoms with Gasteiger partial charge in [-0.2, -0.15) is 0 Å². The van der Waals surface area contributed by atoms with Crippen LogP contribution in [-0.4, -0.2) is 49.0 Å². The number of hydrogen-bond donors (Lipinski definition) is 1. The van der Waals surface area contributed by atoms with Crippen molar-refractivity contribution < 1.29 is 14.3 Å². The molecule has 1 N–H and O–H groups in total. The summed E-state index contributed by atoms with van der Waals surface area (Å²) in [6.45, 7) is 3.09. The number of anilines is 1. The summed E-state index contributed by atoms with van der Waals surface area (Å²) in [5.74, 6) is 0.625. The Bertz CT molecular complexity index is 840. The molecule has 2 aromatic carbocycles. The van der Waals surface area contributed by atoms with E-state index in [9.17, 15) is 9.59 Å². The second kappa shape index (κ2) is 9.45. The summed E-state index contributed by atoms with van der Waals surface area (Å²) >= 11 is 0. The van der Waals surface area contributed by atoms with Gasteiger partial charge in [-0.15, -0.1) is 0 Å². The molecule has 1 fully saturated rings. The zero-order valence-corrected chi connectivity index (χ0v) is 17.3. The number of carbonyl (C=O) groups excluding carboxylic acids is 2. The molecular weight excluding hydrogens is 366 g/mol. The molecule has 3 rings (SSSR count). The number of piperidine rings is 1. The molecule has 1 heterocycles. The Balaban J connectivity index is 1.64. The van der Waals surface area contributed by atoms with Gasteiger partial charge in [0.05, 0.1) is 19.1 Å². The quantitative estimate of drug-likeness (QED) is 0.827. The Morgan fingerprint density at radius 2 is 1.83 bits per heavy atom. The first kappa shape index (κ1) is 20.7. The van der Waals surface area contributed by atoms with Gasteiger partial charge in [-0.1, -0.05) is 36.4 Å². The third-order valence-electron chi connectivity index (χ3n) is 5.60. The van der Waals surface area contributed by atoms with Crippen LogP contribution in [0.25, 0.3) is 0 Å². The number of ether oxygens (including phenoxy) is 1. The molecule has 0 radical (unpaired) electrons. The van der Waals surface area contributed by atoms with E-state index in [1.165, 1.54) is 0 Å². The summed E-state index contributed by atoms with van der Waals surface area (Å²) in [5, 5.41) is 2.91. The minimum Gasteiger partial charge on any atom is -0.496 e. The number of rotatable bonds is 5. The summed E-state index contributed by atoms with van der Waals surface area (Å²) in [6.07, 6.45) is 1.60. The van der Waals surface area contributed by atoms with Gasteiger partial charge in [0.25, 0.3) is 0 Å². The Hall–Kier alpha value is -3.02. The van der Waals surface area contributed by atoms with Crippen LogP contribution in [0.5, 0.6) is 5.75 Å². The maximum Gasteiger partial charge on any atom is 0.321 e. The summed E-state index contributed by atoms with van der Waals surface area (Å²) in [6, 6.07) is 16.8. The lowest BCUT2D eigenvalue weighted by Gasteiger charge is -2.36. The fourth-order valence-electron chi connectivity index (χ4n) is 3.79. The van der Waals surface area contributed by atoms with Gasteiger partial charge in [-0.05, 0) is 38.0 Å². The summed E-state index contributed by atoms with van der Waals surface area (Å²) < 4.78 is 5.45. The molecule has 2 atom stereocenters. The van der Waals surface area contributed by atoms with E-state index in [4.69, 9.17) is 4.74 Å². The van der Waals surface area contributed by atoms with Crippen LogP contribution in [0.15, 0.2) is 54.6 Å². The largest absolute Gasteiger partial charge is 0.496 e. The number of benzene rings is 2. The smallest absolute Gasteiger partial charge is 0.321 e. The monoisotopic (exact) mass is 395 g/mol. The van der Waals surface area contributed by atoms with E-state index in [1.54, 1.807) is 16.9 Å².